The second kappa shape index (κ2) is 5.55. The van der Waals surface area contributed by atoms with Gasteiger partial charge in [-0.2, -0.15) is 0 Å². The van der Waals surface area contributed by atoms with Crippen LogP contribution in [0.15, 0.2) is 30.5 Å². The molecule has 0 saturated carbocycles. The molecule has 7 nitrogen and oxygen atoms in total. The van der Waals surface area contributed by atoms with Crippen molar-refractivity contribution in [3.8, 4) is 0 Å². The molecule has 0 fully saturated rings. The van der Waals surface area contributed by atoms with Crippen LogP contribution in [0.25, 0.3) is 0 Å². The summed E-state index contributed by atoms with van der Waals surface area (Å²) in [5.41, 5.74) is 6.68. The molecule has 1 aromatic heterocycles. The van der Waals surface area contributed by atoms with Crippen LogP contribution in [0.3, 0.4) is 0 Å². The van der Waals surface area contributed by atoms with E-state index >= 15 is 0 Å². The second-order valence-corrected chi connectivity index (χ2v) is 4.59. The summed E-state index contributed by atoms with van der Waals surface area (Å²) in [6.45, 7) is 0.238. The Kier molecular flexibility index (Phi) is 3.83. The van der Waals surface area contributed by atoms with Gasteiger partial charge in [0.25, 0.3) is 5.91 Å². The third kappa shape index (κ3) is 2.92. The van der Waals surface area contributed by atoms with Gasteiger partial charge < -0.3 is 5.73 Å². The number of hydrogen-bond acceptors (Lipinski definition) is 6. The zero-order valence-electron chi connectivity index (χ0n) is 9.70. The van der Waals surface area contributed by atoms with Crippen molar-refractivity contribution >= 4 is 27.4 Å². The van der Waals surface area contributed by atoms with Gasteiger partial charge in [0.1, 0.15) is 6.20 Å². The summed E-state index contributed by atoms with van der Waals surface area (Å²) in [5.74, 6) is -0.384. The summed E-state index contributed by atoms with van der Waals surface area (Å²) in [4.78, 5) is 25.7. The Morgan fingerprint density at radius 1 is 1.47 bits per heavy atom. The van der Waals surface area contributed by atoms with Gasteiger partial charge in [-0.05, 0) is 23.0 Å². The summed E-state index contributed by atoms with van der Waals surface area (Å²) in [7, 11) is 0. The lowest BCUT2D eigenvalue weighted by Gasteiger charge is -2.06. The number of carbonyl (C=O) groups excluding carboxylic acids is 1. The highest BCUT2D eigenvalue weighted by Crippen LogP contribution is 2.25. The number of carbonyl (C=O) groups is 1. The van der Waals surface area contributed by atoms with E-state index < -0.39 is 4.92 Å². The minimum atomic E-state index is -0.554. The van der Waals surface area contributed by atoms with Crippen molar-refractivity contribution in [2.45, 2.75) is 6.54 Å². The zero-order chi connectivity index (χ0) is 13.8. The first-order valence-corrected chi connectivity index (χ1v) is 6.13. The molecule has 2 aromatic rings. The molecule has 98 valence electrons. The molecule has 2 rings (SSSR count). The van der Waals surface area contributed by atoms with E-state index in [1.165, 1.54) is 0 Å². The molecular weight excluding hydrogens is 268 g/mol. The highest BCUT2D eigenvalue weighted by molar-refractivity contribution is 7.18. The number of nitrogens with two attached hydrogens (primary N) is 1. The lowest BCUT2D eigenvalue weighted by molar-refractivity contribution is -0.380. The summed E-state index contributed by atoms with van der Waals surface area (Å²) in [6.07, 6.45) is 1.11. The van der Waals surface area contributed by atoms with Crippen molar-refractivity contribution in [3.63, 3.8) is 0 Å². The van der Waals surface area contributed by atoms with Crippen LogP contribution < -0.4 is 11.1 Å². The number of thiazole rings is 1. The first-order chi connectivity index (χ1) is 9.11. The molecule has 1 amide bonds. The second-order valence-electron chi connectivity index (χ2n) is 3.58. The smallest absolute Gasteiger partial charge is 0.326 e. The molecule has 1 aromatic carbocycles. The first-order valence-electron chi connectivity index (χ1n) is 5.31. The van der Waals surface area contributed by atoms with Crippen molar-refractivity contribution in [2.24, 2.45) is 5.73 Å². The van der Waals surface area contributed by atoms with Gasteiger partial charge in [-0.1, -0.05) is 18.2 Å². The fourth-order valence-electron chi connectivity index (χ4n) is 1.49. The Morgan fingerprint density at radius 2 is 2.21 bits per heavy atom. The van der Waals surface area contributed by atoms with Crippen LogP contribution in [0.2, 0.25) is 0 Å². The molecule has 0 saturated heterocycles. The van der Waals surface area contributed by atoms with Gasteiger partial charge in [0.05, 0.1) is 4.92 Å². The molecule has 1 heterocycles. The predicted molar refractivity (Wildman–Crippen MR) is 71.1 cm³/mol. The van der Waals surface area contributed by atoms with E-state index in [2.05, 4.69) is 10.3 Å². The molecule has 8 heteroatoms. The third-order valence-electron chi connectivity index (χ3n) is 2.38. The van der Waals surface area contributed by atoms with Crippen LogP contribution in [0.4, 0.5) is 10.1 Å². The molecule has 0 bridgehead atoms. The van der Waals surface area contributed by atoms with Gasteiger partial charge in [-0.3, -0.25) is 20.2 Å². The molecular formula is C11H10N4O3S. The normalized spacial score (nSPS) is 10.2. The molecule has 0 aliphatic carbocycles. The Bertz CT molecular complexity index is 626. The standard InChI is InChI=1S/C11H10N4O3S/c12-5-7-3-1-2-4-8(7)10(16)14-11-13-6-9(19-11)15(17)18/h1-4,6H,5,12H2,(H,13,14,16). The number of anilines is 1. The average Bonchev–Trinajstić information content (AvgIpc) is 2.87. The van der Waals surface area contributed by atoms with E-state index in [4.69, 9.17) is 5.73 Å². The van der Waals surface area contributed by atoms with Gasteiger partial charge in [-0.25, -0.2) is 4.98 Å². The number of rotatable bonds is 4. The fraction of sp³-hybridized carbons (Fsp3) is 0.0909. The van der Waals surface area contributed by atoms with Gasteiger partial charge in [0.2, 0.25) is 0 Å². The Balaban J connectivity index is 2.18. The van der Waals surface area contributed by atoms with Crippen LogP contribution in [0.1, 0.15) is 15.9 Å². The van der Waals surface area contributed by atoms with Gasteiger partial charge in [-0.15, -0.1) is 0 Å². The maximum absolute atomic E-state index is 12.0. The molecule has 0 spiro atoms. The Labute approximate surface area is 112 Å². The highest BCUT2D eigenvalue weighted by Gasteiger charge is 2.15. The van der Waals surface area contributed by atoms with Crippen molar-refractivity contribution < 1.29 is 9.72 Å². The topological polar surface area (TPSA) is 111 Å². The lowest BCUT2D eigenvalue weighted by atomic mass is 10.1. The summed E-state index contributed by atoms with van der Waals surface area (Å²) in [6, 6.07) is 6.89. The molecule has 0 aliphatic rings. The van der Waals surface area contributed by atoms with E-state index in [0.29, 0.717) is 11.1 Å². The summed E-state index contributed by atoms with van der Waals surface area (Å²) >= 11 is 0.804. The van der Waals surface area contributed by atoms with Gasteiger partial charge in [0.15, 0.2) is 5.13 Å². The fourth-order valence-corrected chi connectivity index (χ4v) is 2.12. The summed E-state index contributed by atoms with van der Waals surface area (Å²) < 4.78 is 0. The minimum Gasteiger partial charge on any atom is -0.326 e. The van der Waals surface area contributed by atoms with E-state index in [0.717, 1.165) is 17.5 Å². The number of amides is 1. The molecule has 3 N–H and O–H groups in total. The average molecular weight is 278 g/mol. The number of aromatic nitrogens is 1. The van der Waals surface area contributed by atoms with Crippen LogP contribution in [0.5, 0.6) is 0 Å². The van der Waals surface area contributed by atoms with Gasteiger partial charge >= 0.3 is 5.00 Å². The highest BCUT2D eigenvalue weighted by atomic mass is 32.1. The Morgan fingerprint density at radius 3 is 2.84 bits per heavy atom. The van der Waals surface area contributed by atoms with E-state index in [-0.39, 0.29) is 22.6 Å². The largest absolute Gasteiger partial charge is 0.345 e. The maximum atomic E-state index is 12.0. The maximum Gasteiger partial charge on any atom is 0.345 e. The van der Waals surface area contributed by atoms with Crippen molar-refractivity contribution in [1.82, 2.24) is 4.98 Å². The zero-order valence-corrected chi connectivity index (χ0v) is 10.5. The summed E-state index contributed by atoms with van der Waals surface area (Å²) in [5, 5.41) is 13.1. The van der Waals surface area contributed by atoms with E-state index in [1.807, 2.05) is 0 Å². The molecule has 0 aliphatic heterocycles. The number of benzene rings is 1. The number of nitrogens with zero attached hydrogens (tertiary/aromatic N) is 2. The van der Waals surface area contributed by atoms with Crippen LogP contribution >= 0.6 is 11.3 Å². The van der Waals surface area contributed by atoms with Gasteiger partial charge in [0, 0.05) is 12.1 Å². The van der Waals surface area contributed by atoms with E-state index in [1.54, 1.807) is 24.3 Å². The van der Waals surface area contributed by atoms with Crippen molar-refractivity contribution in [1.29, 1.82) is 0 Å². The van der Waals surface area contributed by atoms with Crippen molar-refractivity contribution in [2.75, 3.05) is 5.32 Å². The number of nitro groups is 1. The molecule has 0 radical (unpaired) electrons. The monoisotopic (exact) mass is 278 g/mol. The SMILES string of the molecule is NCc1ccccc1C(=O)Nc1ncc([N+](=O)[O-])s1. The number of hydrogen-bond donors (Lipinski definition) is 2. The predicted octanol–water partition coefficient (Wildman–Crippen LogP) is 1.76. The Hall–Kier alpha value is -2.32. The lowest BCUT2D eigenvalue weighted by Crippen LogP contribution is -2.15. The van der Waals surface area contributed by atoms with E-state index in [9.17, 15) is 14.9 Å². The molecule has 19 heavy (non-hydrogen) atoms. The molecule has 0 atom stereocenters. The van der Waals surface area contributed by atoms with Crippen LogP contribution in [-0.2, 0) is 6.54 Å². The quantitative estimate of drug-likeness (QED) is 0.653. The number of nitrogens with one attached hydrogen (secondary N) is 1. The minimum absolute atomic E-state index is 0.123. The van der Waals surface area contributed by atoms with Crippen molar-refractivity contribution in [3.05, 3.63) is 51.7 Å². The molecule has 0 unspecified atom stereocenters. The van der Waals surface area contributed by atoms with Crippen LogP contribution in [0, 0.1) is 10.1 Å². The van der Waals surface area contributed by atoms with Crippen LogP contribution in [-0.4, -0.2) is 15.8 Å². The first kappa shape index (κ1) is 13.1. The third-order valence-corrected chi connectivity index (χ3v) is 3.24.